The van der Waals surface area contributed by atoms with Crippen LogP contribution in [0.25, 0.3) is 10.9 Å². The van der Waals surface area contributed by atoms with E-state index in [2.05, 4.69) is 52.0 Å². The highest BCUT2D eigenvalue weighted by atomic mass is 16.6. The van der Waals surface area contributed by atoms with Crippen molar-refractivity contribution >= 4 is 40.3 Å². The molecule has 0 bridgehead atoms. The summed E-state index contributed by atoms with van der Waals surface area (Å²) in [5, 5.41) is 19.9. The van der Waals surface area contributed by atoms with Crippen molar-refractivity contribution in [3.8, 4) is 12.3 Å². The van der Waals surface area contributed by atoms with Gasteiger partial charge in [0.1, 0.15) is 23.1 Å². The van der Waals surface area contributed by atoms with Crippen LogP contribution >= 0.6 is 0 Å². The van der Waals surface area contributed by atoms with Crippen molar-refractivity contribution in [2.75, 3.05) is 11.4 Å². The zero-order chi connectivity index (χ0) is 40.8. The van der Waals surface area contributed by atoms with Crippen molar-refractivity contribution in [2.45, 2.75) is 116 Å². The zero-order valence-electron chi connectivity index (χ0n) is 32.8. The van der Waals surface area contributed by atoms with Crippen molar-refractivity contribution in [2.24, 2.45) is 0 Å². The van der Waals surface area contributed by atoms with Gasteiger partial charge in [0.25, 0.3) is 11.5 Å². The SMILES string of the molecule is C#CCN(c1ccc(C(=O)N[C@@H](CCC(=O)N[C@H](CCC(=O)OC(C)(C)C)c2nn[nH]n2)C(=O)OC(C)(C)C)cc1)C1CCc2cc3nc(C)[nH]c(=O)c3cc21. The number of ether oxygens (including phenoxy) is 2. The van der Waals surface area contributed by atoms with Crippen molar-refractivity contribution in [1.82, 2.24) is 41.2 Å². The summed E-state index contributed by atoms with van der Waals surface area (Å²) in [5.41, 5.74) is 2.07. The lowest BCUT2D eigenvalue weighted by atomic mass is 10.0. The van der Waals surface area contributed by atoms with E-state index >= 15 is 0 Å². The highest BCUT2D eigenvalue weighted by Gasteiger charge is 2.31. The summed E-state index contributed by atoms with van der Waals surface area (Å²) in [5.74, 6) is 1.30. The number of tetrazole rings is 1. The highest BCUT2D eigenvalue weighted by molar-refractivity contribution is 5.97. The maximum Gasteiger partial charge on any atom is 0.329 e. The predicted molar refractivity (Wildman–Crippen MR) is 207 cm³/mol. The number of H-pyrrole nitrogens is 2. The van der Waals surface area contributed by atoms with E-state index in [1.54, 1.807) is 72.7 Å². The molecule has 0 aliphatic heterocycles. The van der Waals surface area contributed by atoms with Crippen LogP contribution in [0, 0.1) is 19.3 Å². The molecule has 2 aromatic carbocycles. The molecule has 16 heteroatoms. The number of aromatic amines is 2. The Kier molecular flexibility index (Phi) is 12.6. The van der Waals surface area contributed by atoms with Crippen LogP contribution < -0.4 is 21.1 Å². The van der Waals surface area contributed by atoms with Gasteiger partial charge in [-0.25, -0.2) is 9.78 Å². The maximum atomic E-state index is 13.6. The van der Waals surface area contributed by atoms with Gasteiger partial charge in [-0.15, -0.1) is 16.6 Å². The predicted octanol–water partition coefficient (Wildman–Crippen LogP) is 4.07. The fourth-order valence-electron chi connectivity index (χ4n) is 6.59. The molecule has 0 saturated heterocycles. The first-order chi connectivity index (χ1) is 26.4. The van der Waals surface area contributed by atoms with Crippen molar-refractivity contribution in [3.05, 3.63) is 75.1 Å². The molecule has 3 atom stereocenters. The van der Waals surface area contributed by atoms with Gasteiger partial charge in [0.05, 0.1) is 29.5 Å². The Balaban J connectivity index is 1.27. The molecule has 16 nitrogen and oxygen atoms in total. The van der Waals surface area contributed by atoms with Crippen molar-refractivity contribution in [3.63, 3.8) is 0 Å². The minimum Gasteiger partial charge on any atom is -0.460 e. The van der Waals surface area contributed by atoms with E-state index in [1.807, 2.05) is 12.1 Å². The first kappa shape index (κ1) is 41.1. The van der Waals surface area contributed by atoms with Crippen LogP contribution in [0.5, 0.6) is 0 Å². The molecule has 0 spiro atoms. The lowest BCUT2D eigenvalue weighted by molar-refractivity contribution is -0.158. The molecule has 1 aliphatic carbocycles. The minimum atomic E-state index is -1.17. The Morgan fingerprint density at radius 2 is 1.71 bits per heavy atom. The maximum absolute atomic E-state index is 13.6. The van der Waals surface area contributed by atoms with E-state index in [-0.39, 0.29) is 55.2 Å². The number of anilines is 1. The summed E-state index contributed by atoms with van der Waals surface area (Å²) >= 11 is 0. The lowest BCUT2D eigenvalue weighted by Gasteiger charge is -2.30. The number of hydrogen-bond acceptors (Lipinski definition) is 12. The number of fused-ring (bicyclic) bond motifs is 2. The molecule has 5 rings (SSSR count). The van der Waals surface area contributed by atoms with Crippen molar-refractivity contribution < 1.29 is 28.7 Å². The number of carbonyl (C=O) groups is 4. The largest absolute Gasteiger partial charge is 0.460 e. The van der Waals surface area contributed by atoms with Crippen LogP contribution in [0.4, 0.5) is 5.69 Å². The number of esters is 2. The summed E-state index contributed by atoms with van der Waals surface area (Å²) in [6, 6.07) is 8.68. The summed E-state index contributed by atoms with van der Waals surface area (Å²) in [4.78, 5) is 74.6. The number of nitrogens with zero attached hydrogens (tertiary/aromatic N) is 5. The number of benzene rings is 2. The molecule has 2 amide bonds. The molecule has 56 heavy (non-hydrogen) atoms. The van der Waals surface area contributed by atoms with E-state index in [0.717, 1.165) is 29.7 Å². The van der Waals surface area contributed by atoms with Gasteiger partial charge < -0.3 is 30.0 Å². The summed E-state index contributed by atoms with van der Waals surface area (Å²) in [6.07, 6.45) is 7.25. The molecule has 0 fully saturated rings. The van der Waals surface area contributed by atoms with Gasteiger partial charge in [-0.1, -0.05) is 11.1 Å². The second kappa shape index (κ2) is 17.1. The van der Waals surface area contributed by atoms with E-state index in [4.69, 9.17) is 15.9 Å². The molecule has 0 saturated carbocycles. The number of aryl methyl sites for hydroxylation is 2. The lowest BCUT2D eigenvalue weighted by Crippen LogP contribution is -2.45. The number of aromatic nitrogens is 6. The molecule has 2 aromatic heterocycles. The quantitative estimate of drug-likeness (QED) is 0.106. The Morgan fingerprint density at radius 3 is 2.36 bits per heavy atom. The number of terminal acetylenes is 1. The normalized spacial score (nSPS) is 14.9. The van der Waals surface area contributed by atoms with Gasteiger partial charge in [0.15, 0.2) is 5.82 Å². The molecular weight excluding hydrogens is 718 g/mol. The molecule has 1 aliphatic rings. The third-order valence-electron chi connectivity index (χ3n) is 8.95. The zero-order valence-corrected chi connectivity index (χ0v) is 32.8. The first-order valence-electron chi connectivity index (χ1n) is 18.5. The fraction of sp³-hybridized carbons (Fsp3) is 0.475. The summed E-state index contributed by atoms with van der Waals surface area (Å²) < 4.78 is 11.0. The molecule has 0 radical (unpaired) electrons. The average molecular weight is 768 g/mol. The van der Waals surface area contributed by atoms with Crippen molar-refractivity contribution in [1.29, 1.82) is 0 Å². The molecular formula is C40H49N9O7. The van der Waals surface area contributed by atoms with E-state index in [0.29, 0.717) is 16.7 Å². The molecule has 1 unspecified atom stereocenters. The third-order valence-corrected chi connectivity index (χ3v) is 8.95. The smallest absolute Gasteiger partial charge is 0.329 e. The van der Waals surface area contributed by atoms with Gasteiger partial charge in [-0.05, 0) is 122 Å². The van der Waals surface area contributed by atoms with E-state index in [9.17, 15) is 24.0 Å². The summed E-state index contributed by atoms with van der Waals surface area (Å²) in [7, 11) is 0. The van der Waals surface area contributed by atoms with Gasteiger partial charge in [0, 0.05) is 24.1 Å². The Bertz CT molecular complexity index is 2160. The van der Waals surface area contributed by atoms with Gasteiger partial charge >= 0.3 is 11.9 Å². The Labute approximate surface area is 324 Å². The third kappa shape index (κ3) is 10.8. The van der Waals surface area contributed by atoms with Crippen LogP contribution in [0.15, 0.2) is 41.2 Å². The molecule has 4 aromatic rings. The molecule has 4 N–H and O–H groups in total. The fourth-order valence-corrected chi connectivity index (χ4v) is 6.59. The highest BCUT2D eigenvalue weighted by Crippen LogP contribution is 2.39. The van der Waals surface area contributed by atoms with Crippen LogP contribution in [-0.4, -0.2) is 78.1 Å². The topological polar surface area (TPSA) is 214 Å². The average Bonchev–Trinajstić information content (AvgIpc) is 3.79. The van der Waals surface area contributed by atoms with Gasteiger partial charge in [0.2, 0.25) is 5.91 Å². The van der Waals surface area contributed by atoms with E-state index in [1.165, 1.54) is 0 Å². The summed E-state index contributed by atoms with van der Waals surface area (Å²) in [6.45, 7) is 12.4. The number of hydrogen-bond donors (Lipinski definition) is 4. The van der Waals surface area contributed by atoms with Crippen LogP contribution in [0.2, 0.25) is 0 Å². The van der Waals surface area contributed by atoms with Crippen LogP contribution in [-0.2, 0) is 30.3 Å². The van der Waals surface area contributed by atoms with Gasteiger partial charge in [-0.3, -0.25) is 19.2 Å². The monoisotopic (exact) mass is 767 g/mol. The Morgan fingerprint density at radius 1 is 1.00 bits per heavy atom. The number of carbonyl (C=O) groups excluding carboxylic acids is 4. The number of rotatable bonds is 14. The standard InChI is InChI=1S/C40H49N9O7/c1-9-20-49(32-17-12-25-21-31-28(22-27(25)32)37(53)42-23(2)41-31)26-13-10-24(11-14-26)36(52)44-30(38(54)56-40(6,7)8)15-18-33(50)43-29(35-45-47-48-46-35)16-19-34(51)55-39(3,4)5/h1,10-11,13-14,21-22,29-30,32H,12,15-20H2,2-8H3,(H,43,50)(H,44,52)(H,41,42,53)(H,45,46,47,48)/t29-,30+,32?/m1/s1. The Hall–Kier alpha value is -6.11. The number of amides is 2. The van der Waals surface area contributed by atoms with Crippen LogP contribution in [0.3, 0.4) is 0 Å². The number of nitrogens with one attached hydrogen (secondary N) is 4. The van der Waals surface area contributed by atoms with Gasteiger partial charge in [-0.2, -0.15) is 5.21 Å². The van der Waals surface area contributed by atoms with E-state index < -0.39 is 47.0 Å². The molecule has 2 heterocycles. The molecule has 296 valence electrons. The minimum absolute atomic E-state index is 0.0175. The second-order valence-electron chi connectivity index (χ2n) is 15.8. The van der Waals surface area contributed by atoms with Crippen LogP contribution in [0.1, 0.15) is 119 Å². The second-order valence-corrected chi connectivity index (χ2v) is 15.8. The first-order valence-corrected chi connectivity index (χ1v) is 18.5.